The van der Waals surface area contributed by atoms with E-state index in [-0.39, 0.29) is 17.8 Å². The number of benzene rings is 1. The van der Waals surface area contributed by atoms with E-state index in [1.807, 2.05) is 29.2 Å². The molecule has 162 valence electrons. The van der Waals surface area contributed by atoms with Gasteiger partial charge in [-0.05, 0) is 49.6 Å². The molecule has 1 saturated carbocycles. The summed E-state index contributed by atoms with van der Waals surface area (Å²) in [5, 5.41) is 4.20. The van der Waals surface area contributed by atoms with Crippen LogP contribution in [-0.2, 0) is 12.7 Å². The molecule has 0 saturated heterocycles. The quantitative estimate of drug-likeness (QED) is 0.581. The highest BCUT2D eigenvalue weighted by molar-refractivity contribution is 5.95. The summed E-state index contributed by atoms with van der Waals surface area (Å²) in [5.74, 6) is 0.806. The van der Waals surface area contributed by atoms with Crippen molar-refractivity contribution in [2.45, 2.75) is 38.5 Å². The molecule has 3 aromatic rings. The molecule has 0 aliphatic heterocycles. The summed E-state index contributed by atoms with van der Waals surface area (Å²) in [4.78, 5) is 19.0. The minimum atomic E-state index is -4.46. The highest BCUT2D eigenvalue weighted by Crippen LogP contribution is 2.31. The number of nitrogens with zero attached hydrogens (tertiary/aromatic N) is 4. The number of amides is 1. The molecular weight excluding hydrogens is 409 g/mol. The van der Waals surface area contributed by atoms with Gasteiger partial charge in [-0.2, -0.15) is 18.3 Å². The van der Waals surface area contributed by atoms with E-state index in [0.29, 0.717) is 17.8 Å². The lowest BCUT2D eigenvalue weighted by Gasteiger charge is -2.22. The van der Waals surface area contributed by atoms with Gasteiger partial charge in [0.2, 0.25) is 0 Å². The lowest BCUT2D eigenvalue weighted by atomic mass is 10.1. The second-order valence-electron chi connectivity index (χ2n) is 7.47. The number of alkyl halides is 3. The molecule has 1 aliphatic rings. The number of halogens is 3. The van der Waals surface area contributed by atoms with E-state index in [0.717, 1.165) is 36.4 Å². The van der Waals surface area contributed by atoms with Crippen molar-refractivity contribution in [3.05, 3.63) is 71.2 Å². The predicted octanol–water partition coefficient (Wildman–Crippen LogP) is 4.41. The Morgan fingerprint density at radius 2 is 1.87 bits per heavy atom. The van der Waals surface area contributed by atoms with Gasteiger partial charge < -0.3 is 9.64 Å². The number of pyridine rings is 1. The van der Waals surface area contributed by atoms with Gasteiger partial charge in [-0.15, -0.1) is 0 Å². The monoisotopic (exact) mass is 430 g/mol. The standard InChI is InChI=1S/C22H21F3N4O2/c1-14-19(12-27-29(14)20-10-5-16(11-26-20)22(23,24)25)21(30)28(17-6-7-17)13-15-3-8-18(31-2)9-4-15/h3-5,8-12,17H,6-7,13H2,1-2H3. The predicted molar refractivity (Wildman–Crippen MR) is 107 cm³/mol. The molecule has 1 aliphatic carbocycles. The highest BCUT2D eigenvalue weighted by Gasteiger charge is 2.35. The zero-order valence-corrected chi connectivity index (χ0v) is 17.1. The van der Waals surface area contributed by atoms with Gasteiger partial charge in [0, 0.05) is 18.8 Å². The minimum absolute atomic E-state index is 0.158. The van der Waals surface area contributed by atoms with Gasteiger partial charge >= 0.3 is 6.18 Å². The molecule has 0 bridgehead atoms. The molecule has 0 spiro atoms. The van der Waals surface area contributed by atoms with Crippen LogP contribution in [0.4, 0.5) is 13.2 Å². The van der Waals surface area contributed by atoms with Gasteiger partial charge in [-0.1, -0.05) is 12.1 Å². The average Bonchev–Trinajstić information content (AvgIpc) is 3.53. The van der Waals surface area contributed by atoms with Crippen LogP contribution in [-0.4, -0.2) is 38.7 Å². The van der Waals surface area contributed by atoms with Gasteiger partial charge in [0.1, 0.15) is 5.75 Å². The lowest BCUT2D eigenvalue weighted by Crippen LogP contribution is -2.32. The van der Waals surface area contributed by atoms with E-state index in [9.17, 15) is 18.0 Å². The Balaban J connectivity index is 1.57. The molecule has 6 nitrogen and oxygen atoms in total. The van der Waals surface area contributed by atoms with Crippen molar-refractivity contribution in [1.29, 1.82) is 0 Å². The molecule has 1 aromatic carbocycles. The van der Waals surface area contributed by atoms with Crippen LogP contribution in [0.15, 0.2) is 48.8 Å². The number of methoxy groups -OCH3 is 1. The van der Waals surface area contributed by atoms with Crippen LogP contribution in [0.3, 0.4) is 0 Å². The summed E-state index contributed by atoms with van der Waals surface area (Å²) in [6.45, 7) is 2.16. The third kappa shape index (κ3) is 4.40. The molecule has 1 fully saturated rings. The molecule has 0 N–H and O–H groups in total. The Hall–Kier alpha value is -3.36. The van der Waals surface area contributed by atoms with Gasteiger partial charge in [0.15, 0.2) is 5.82 Å². The fourth-order valence-corrected chi connectivity index (χ4v) is 3.36. The van der Waals surface area contributed by atoms with Crippen LogP contribution < -0.4 is 4.74 Å². The maximum atomic E-state index is 13.3. The molecule has 0 unspecified atom stereocenters. The highest BCUT2D eigenvalue weighted by atomic mass is 19.4. The lowest BCUT2D eigenvalue weighted by molar-refractivity contribution is -0.137. The molecule has 2 heterocycles. The molecule has 4 rings (SSSR count). The molecule has 9 heteroatoms. The Morgan fingerprint density at radius 1 is 1.16 bits per heavy atom. The van der Waals surface area contributed by atoms with Crippen LogP contribution in [0, 0.1) is 6.92 Å². The van der Waals surface area contributed by atoms with Crippen molar-refractivity contribution in [1.82, 2.24) is 19.7 Å². The van der Waals surface area contributed by atoms with Crippen LogP contribution in [0.5, 0.6) is 5.75 Å². The normalized spacial score (nSPS) is 13.8. The smallest absolute Gasteiger partial charge is 0.417 e. The number of carbonyl (C=O) groups excluding carboxylic acids is 1. The summed E-state index contributed by atoms with van der Waals surface area (Å²) in [5.41, 5.74) is 1.08. The average molecular weight is 430 g/mol. The summed E-state index contributed by atoms with van der Waals surface area (Å²) in [6, 6.07) is 9.91. The van der Waals surface area contributed by atoms with Crippen molar-refractivity contribution in [3.8, 4) is 11.6 Å². The Morgan fingerprint density at radius 3 is 2.42 bits per heavy atom. The van der Waals surface area contributed by atoms with E-state index in [1.165, 1.54) is 16.9 Å². The fourth-order valence-electron chi connectivity index (χ4n) is 3.36. The zero-order valence-electron chi connectivity index (χ0n) is 17.1. The Labute approximate surface area is 177 Å². The minimum Gasteiger partial charge on any atom is -0.497 e. The first-order chi connectivity index (χ1) is 14.8. The Kier molecular flexibility index (Phi) is 5.43. The van der Waals surface area contributed by atoms with E-state index in [2.05, 4.69) is 10.1 Å². The van der Waals surface area contributed by atoms with Crippen LogP contribution >= 0.6 is 0 Å². The largest absolute Gasteiger partial charge is 0.497 e. The van der Waals surface area contributed by atoms with E-state index in [4.69, 9.17) is 4.74 Å². The van der Waals surface area contributed by atoms with E-state index >= 15 is 0 Å². The third-order valence-corrected chi connectivity index (χ3v) is 5.29. The van der Waals surface area contributed by atoms with Crippen LogP contribution in [0.25, 0.3) is 5.82 Å². The van der Waals surface area contributed by atoms with Crippen LogP contribution in [0.1, 0.15) is 40.0 Å². The van der Waals surface area contributed by atoms with Gasteiger partial charge in [0.25, 0.3) is 5.91 Å². The molecule has 31 heavy (non-hydrogen) atoms. The molecule has 2 aromatic heterocycles. The summed E-state index contributed by atoms with van der Waals surface area (Å²) in [7, 11) is 1.60. The first-order valence-corrected chi connectivity index (χ1v) is 9.80. The number of rotatable bonds is 6. The summed E-state index contributed by atoms with van der Waals surface area (Å²) >= 11 is 0. The van der Waals surface area contributed by atoms with Gasteiger partial charge in [-0.3, -0.25) is 4.79 Å². The fraction of sp³-hybridized carbons (Fsp3) is 0.318. The van der Waals surface area contributed by atoms with Gasteiger partial charge in [-0.25, -0.2) is 9.67 Å². The number of hydrogen-bond acceptors (Lipinski definition) is 4. The second-order valence-corrected chi connectivity index (χ2v) is 7.47. The summed E-state index contributed by atoms with van der Waals surface area (Å²) < 4.78 is 44.9. The van der Waals surface area contributed by atoms with Crippen molar-refractivity contribution < 1.29 is 22.7 Å². The molecule has 1 amide bonds. The number of aromatic nitrogens is 3. The summed E-state index contributed by atoms with van der Waals surface area (Å²) in [6.07, 6.45) is -0.373. The van der Waals surface area contributed by atoms with Crippen molar-refractivity contribution in [3.63, 3.8) is 0 Å². The van der Waals surface area contributed by atoms with Crippen molar-refractivity contribution >= 4 is 5.91 Å². The SMILES string of the molecule is COc1ccc(CN(C(=O)c2cnn(-c3ccc(C(F)(F)F)cn3)c2C)C2CC2)cc1. The number of ether oxygens (including phenoxy) is 1. The van der Waals surface area contributed by atoms with E-state index < -0.39 is 11.7 Å². The number of carbonyl (C=O) groups is 1. The topological polar surface area (TPSA) is 60.2 Å². The van der Waals surface area contributed by atoms with Crippen LogP contribution in [0.2, 0.25) is 0 Å². The second kappa shape index (κ2) is 8.05. The number of hydrogen-bond donors (Lipinski definition) is 0. The molecule has 0 atom stereocenters. The van der Waals surface area contributed by atoms with E-state index in [1.54, 1.807) is 14.0 Å². The first kappa shape index (κ1) is 20.9. The maximum absolute atomic E-state index is 13.3. The zero-order chi connectivity index (χ0) is 22.2. The molecular formula is C22H21F3N4O2. The first-order valence-electron chi connectivity index (χ1n) is 9.80. The van der Waals surface area contributed by atoms with Gasteiger partial charge in [0.05, 0.1) is 30.1 Å². The maximum Gasteiger partial charge on any atom is 0.417 e. The van der Waals surface area contributed by atoms with Crippen molar-refractivity contribution in [2.75, 3.05) is 7.11 Å². The molecule has 0 radical (unpaired) electrons. The Bertz CT molecular complexity index is 1070. The third-order valence-electron chi connectivity index (χ3n) is 5.29. The van der Waals surface area contributed by atoms with Crippen molar-refractivity contribution in [2.24, 2.45) is 0 Å².